The van der Waals surface area contributed by atoms with Gasteiger partial charge in [0.2, 0.25) is 98.3 Å². The van der Waals surface area contributed by atoms with E-state index >= 15 is 0 Å². The second-order valence-electron chi connectivity index (χ2n) is 31.0. The highest BCUT2D eigenvalue weighted by molar-refractivity contribution is 14.1. The van der Waals surface area contributed by atoms with Crippen molar-refractivity contribution >= 4 is 168 Å². The number of carbonyl (C=O) groups is 20. The molecule has 738 valence electrons. The minimum atomic E-state index is -2.09. The van der Waals surface area contributed by atoms with Gasteiger partial charge in [-0.15, -0.1) is 0 Å². The van der Waals surface area contributed by atoms with Crippen LogP contribution in [0.5, 0.6) is 0 Å². The number of nitrogens with two attached hydrogens (primary N) is 5. The van der Waals surface area contributed by atoms with E-state index < -0.39 is 280 Å². The zero-order valence-corrected chi connectivity index (χ0v) is 76.5. The Morgan fingerprint density at radius 3 is 1.27 bits per heavy atom. The number of hydrogen-bond acceptors (Lipinski definition) is 28. The van der Waals surface area contributed by atoms with Crippen LogP contribution in [0.25, 0.3) is 0 Å². The van der Waals surface area contributed by atoms with Crippen molar-refractivity contribution in [3.05, 3.63) is 72.3 Å². The lowest BCUT2D eigenvalue weighted by molar-refractivity contribution is -0.143. The number of carboxylic acid groups (broad SMARTS) is 3. The van der Waals surface area contributed by atoms with Gasteiger partial charge in [-0.1, -0.05) is 44.2 Å². The number of aliphatic carboxylic acids is 3. The molecule has 3 heterocycles. The topological polar surface area (TPSA) is 889 Å². The van der Waals surface area contributed by atoms with E-state index in [9.17, 15) is 116 Å². The van der Waals surface area contributed by atoms with Crippen molar-refractivity contribution in [3.8, 4) is 0 Å². The maximum Gasteiger partial charge on any atom is 0.305 e. The molecule has 134 heavy (non-hydrogen) atoms. The number of aromatic amines is 2. The number of imidazole rings is 2. The molecule has 1 saturated heterocycles. The van der Waals surface area contributed by atoms with Gasteiger partial charge >= 0.3 is 17.9 Å². The van der Waals surface area contributed by atoms with E-state index in [0.29, 0.717) is 18.4 Å². The fourth-order valence-corrected chi connectivity index (χ4v) is 14.5. The molecule has 0 radical (unpaired) electrons. The van der Waals surface area contributed by atoms with Crippen LogP contribution in [-0.2, 0) is 115 Å². The van der Waals surface area contributed by atoms with Gasteiger partial charge in [-0.05, 0) is 87.7 Å². The van der Waals surface area contributed by atoms with Crippen molar-refractivity contribution in [2.75, 3.05) is 57.9 Å². The molecule has 0 saturated carbocycles. The van der Waals surface area contributed by atoms with E-state index in [4.69, 9.17) is 44.9 Å². The highest BCUT2D eigenvalue weighted by atomic mass is 127. The highest BCUT2D eigenvalue weighted by Crippen LogP contribution is 2.22. The number of benzene rings is 1. The molecule has 0 unspecified atom stereocenters. The Bertz CT molecular complexity index is 4580. The van der Waals surface area contributed by atoms with Gasteiger partial charge in [-0.2, -0.15) is 11.8 Å². The van der Waals surface area contributed by atoms with Gasteiger partial charge in [0.05, 0.1) is 75.1 Å². The van der Waals surface area contributed by atoms with Crippen LogP contribution >= 0.6 is 34.4 Å². The highest BCUT2D eigenvalue weighted by Gasteiger charge is 2.42. The average molecular weight is 2020 g/mol. The maximum atomic E-state index is 14.8. The third kappa shape index (κ3) is 42.1. The normalized spacial score (nSPS) is 15.0. The van der Waals surface area contributed by atoms with Crippen LogP contribution in [0.2, 0.25) is 0 Å². The van der Waals surface area contributed by atoms with Gasteiger partial charge < -0.3 is 154 Å². The molecule has 1 aromatic carbocycles. The van der Waals surface area contributed by atoms with Crippen molar-refractivity contribution in [1.82, 2.24) is 115 Å². The molecule has 1 aliphatic rings. The number of guanidine groups is 3. The smallest absolute Gasteiger partial charge is 0.305 e. The van der Waals surface area contributed by atoms with Crippen molar-refractivity contribution in [3.63, 3.8) is 0 Å². The van der Waals surface area contributed by atoms with Crippen molar-refractivity contribution in [2.24, 2.45) is 34.6 Å². The molecule has 4 rings (SSSR count). The Morgan fingerprint density at radius 1 is 0.478 bits per heavy atom. The summed E-state index contributed by atoms with van der Waals surface area (Å²) in [6.45, 7) is 0.322. The molecule has 0 spiro atoms. The number of aliphatic hydroxyl groups excluding tert-OH is 1. The lowest BCUT2D eigenvalue weighted by Gasteiger charge is -2.31. The Kier molecular flexibility index (Phi) is 49.3. The van der Waals surface area contributed by atoms with Crippen LogP contribution in [-0.4, -0.2) is 322 Å². The van der Waals surface area contributed by atoms with Gasteiger partial charge in [0.15, 0.2) is 17.9 Å². The standard InChI is InChI=1S/C78H119IN30O24S/c1-38(2)61(62(79)120)108-74(132)54-16-10-23-109(54)75(133)46(17-18-55(81)111)102-67(125)47(25-39-11-5-4-6-12-39)103-72(130)52(30-60(118)119)106-65(123)44(15-9-22-92-78(86)87)100-68(126)48(26-40-31-88-36-95-40)105-73(131)53(35-110)107-69(127)49(27-41-32-89-37-96-41)104-66(124)45(19-24-134-3)101-71(129)51(29-59(116)117)98-57(113)34-94-64(122)43(14-8-21-91-77(84)85)99-70(128)50(28-58(114)115)97-56(112)33-93-63(121)42(80)13-7-20-90-76(82)83/h4-6,11-12,31-32,36-38,42-54,61,110H,7-10,13-30,33-35,80H2,1-3H3,(H2,81,111)(H,88,95)(H,89,96)(H,93,121)(H,94,122)(H,97,112)(H,98,113)(H,99,128)(H,100,126)(H,101,129)(H,102,125)(H,103,130)(H,104,124)(H,105,131)(H,106,123)(H,107,127)(H,108,132)(H,114,115)(H,116,117)(H,118,119)(H4,82,83,90)(H4,84,85,91)(H4,86,87,92)/t42-,43-,44-,45-,46-,47-,48-,49-,50-,51-,52-,53-,54-,61-/m0/s1. The molecule has 0 bridgehead atoms. The molecular weight excluding hydrogens is 1900 g/mol. The monoisotopic (exact) mass is 2020 g/mol. The summed E-state index contributed by atoms with van der Waals surface area (Å²) in [4.78, 5) is 288. The van der Waals surface area contributed by atoms with Crippen LogP contribution in [0.3, 0.4) is 0 Å². The number of primary amides is 1. The lowest BCUT2D eigenvalue weighted by atomic mass is 10.0. The molecule has 36 N–H and O–H groups in total. The van der Waals surface area contributed by atoms with E-state index in [0.717, 1.165) is 11.8 Å². The summed E-state index contributed by atoms with van der Waals surface area (Å²) in [7, 11) is 0. The molecule has 54 nitrogen and oxygen atoms in total. The number of nitrogens with one attached hydrogen (secondary N) is 22. The van der Waals surface area contributed by atoms with E-state index in [1.54, 1.807) is 73.0 Å². The fraction of sp³-hybridized carbons (Fsp3) is 0.551. The second-order valence-corrected chi connectivity index (χ2v) is 33.0. The first-order valence-electron chi connectivity index (χ1n) is 42.1. The van der Waals surface area contributed by atoms with Crippen LogP contribution < -0.4 is 119 Å². The number of amides is 16. The average Bonchev–Trinajstić information content (AvgIpc) is 1.67. The molecule has 14 atom stereocenters. The van der Waals surface area contributed by atoms with E-state index in [1.165, 1.54) is 29.9 Å². The number of aromatic nitrogens is 4. The fourth-order valence-electron chi connectivity index (χ4n) is 13.1. The molecule has 1 aliphatic heterocycles. The van der Waals surface area contributed by atoms with Crippen LogP contribution in [0, 0.1) is 22.1 Å². The molecule has 0 aliphatic carbocycles. The second kappa shape index (κ2) is 58.7. The Morgan fingerprint density at radius 2 is 0.858 bits per heavy atom. The zero-order chi connectivity index (χ0) is 99.8. The summed E-state index contributed by atoms with van der Waals surface area (Å²) < 4.78 is -0.374. The third-order valence-corrected chi connectivity index (χ3v) is 21.3. The Labute approximate surface area is 784 Å². The number of halogens is 1. The first kappa shape index (κ1) is 112. The zero-order valence-electron chi connectivity index (χ0n) is 73.5. The number of likely N-dealkylation sites (tertiary alicyclic amines) is 1. The first-order valence-corrected chi connectivity index (χ1v) is 44.6. The predicted molar refractivity (Wildman–Crippen MR) is 483 cm³/mol. The summed E-state index contributed by atoms with van der Waals surface area (Å²) in [6, 6.07) is -15.3. The molecule has 1 fully saturated rings. The van der Waals surface area contributed by atoms with Crippen LogP contribution in [0.4, 0.5) is 0 Å². The molecular formula is C78H119IN30O24S. The van der Waals surface area contributed by atoms with E-state index in [-0.39, 0.29) is 104 Å². The summed E-state index contributed by atoms with van der Waals surface area (Å²) in [6.07, 6.45) is 0.647. The van der Waals surface area contributed by atoms with Crippen molar-refractivity contribution in [1.29, 1.82) is 16.2 Å². The van der Waals surface area contributed by atoms with Crippen LogP contribution in [0.1, 0.15) is 121 Å². The Balaban J connectivity index is 1.59. The summed E-state index contributed by atoms with van der Waals surface area (Å²) in [5.74, 6) is -24.2. The minimum Gasteiger partial charge on any atom is -0.481 e. The van der Waals surface area contributed by atoms with Crippen molar-refractivity contribution in [2.45, 2.75) is 208 Å². The number of aliphatic hydroxyl groups is 1. The van der Waals surface area contributed by atoms with Gasteiger partial charge in [-0.3, -0.25) is 112 Å². The largest absolute Gasteiger partial charge is 0.481 e. The number of carboxylic acids is 3. The lowest BCUT2D eigenvalue weighted by Crippen LogP contribution is -2.62. The number of carbonyl (C=O) groups excluding carboxylic acids is 17. The number of rotatable bonds is 62. The summed E-state index contributed by atoms with van der Waals surface area (Å²) >= 11 is 2.71. The molecule has 2 aromatic heterocycles. The number of thioether (sulfide) groups is 1. The first-order chi connectivity index (χ1) is 63.4. The molecule has 3 aromatic rings. The van der Waals surface area contributed by atoms with Gasteiger partial charge in [-0.25, -0.2) is 9.97 Å². The third-order valence-electron chi connectivity index (χ3n) is 20.0. The number of H-pyrrole nitrogens is 2. The van der Waals surface area contributed by atoms with Crippen molar-refractivity contribution < 1.29 is 116 Å². The number of hydrogen-bond donors (Lipinski definition) is 31. The Hall–Kier alpha value is -13.9. The molecule has 16 amide bonds. The van der Waals surface area contributed by atoms with Gasteiger partial charge in [0, 0.05) is 86.8 Å². The predicted octanol–water partition coefficient (Wildman–Crippen LogP) is -10.6. The van der Waals surface area contributed by atoms with Gasteiger partial charge in [0.1, 0.15) is 72.5 Å². The number of nitrogens with zero attached hydrogens (tertiary/aromatic N) is 3. The summed E-state index contributed by atoms with van der Waals surface area (Å²) in [5.41, 5.74) is 28.1. The van der Waals surface area contributed by atoms with Gasteiger partial charge in [0.25, 0.3) is 0 Å². The van der Waals surface area contributed by atoms with Crippen LogP contribution in [0.15, 0.2) is 55.4 Å². The summed E-state index contributed by atoms with van der Waals surface area (Å²) in [5, 5.41) is 104. The van der Waals surface area contributed by atoms with E-state index in [1.807, 2.05) is 0 Å². The quantitative estimate of drug-likeness (QED) is 0.00820. The SMILES string of the molecule is CSCC[C@H](NC(=O)[C@H](CC(=O)O)NC(=O)CNC(=O)[C@H](CCCNC(=N)N)NC(=O)[C@H](CC(=O)O)NC(=O)CNC(=O)[C@@H](N)CCCNC(=N)N)C(=O)N[C@@H](Cc1c[nH]cn1)C(=O)N[C@@H](CO)C(=O)N[C@@H](Cc1c[nH]cn1)C(=O)N[C@@H](CCCNC(=N)N)C(=O)N[C@@H](CC(=O)O)C(=O)N[C@@H](Cc1ccccc1)C(=O)N[C@@H](CCC(N)=O)C(=O)N1CCC[C@H]1C(=O)N[C@H](C(=O)I)C(C)C. The molecule has 56 heteroatoms. The van der Waals surface area contributed by atoms with E-state index in [2.05, 4.69) is 110 Å². The minimum absolute atomic E-state index is 0.00945. The maximum absolute atomic E-state index is 14.8.